The molecule has 1 unspecified atom stereocenters. The van der Waals surface area contributed by atoms with Crippen LogP contribution in [0.4, 0.5) is 0 Å². The topological polar surface area (TPSA) is 78.9 Å². The number of hydrogen-bond donors (Lipinski definition) is 2. The van der Waals surface area contributed by atoms with E-state index in [4.69, 9.17) is 10.9 Å². The van der Waals surface area contributed by atoms with Crippen LogP contribution in [0.3, 0.4) is 0 Å². The molecule has 1 atom stereocenters. The highest BCUT2D eigenvalue weighted by molar-refractivity contribution is 6.01. The van der Waals surface area contributed by atoms with E-state index in [0.29, 0.717) is 17.0 Å². The van der Waals surface area contributed by atoms with Crippen LogP contribution in [0.5, 0.6) is 0 Å². The molecule has 0 spiro atoms. The van der Waals surface area contributed by atoms with E-state index >= 15 is 0 Å². The second-order valence-electron chi connectivity index (χ2n) is 5.26. The van der Waals surface area contributed by atoms with Crippen LogP contribution in [-0.2, 0) is 0 Å². The smallest absolute Gasteiger partial charge is 0.253 e. The van der Waals surface area contributed by atoms with Gasteiger partial charge in [-0.1, -0.05) is 30.6 Å². The Morgan fingerprint density at radius 1 is 1.50 bits per heavy atom. The summed E-state index contributed by atoms with van der Waals surface area (Å²) in [7, 11) is 0. The summed E-state index contributed by atoms with van der Waals surface area (Å²) >= 11 is 0. The van der Waals surface area contributed by atoms with Crippen molar-refractivity contribution in [3.63, 3.8) is 0 Å². The van der Waals surface area contributed by atoms with Crippen molar-refractivity contribution in [3.8, 4) is 0 Å². The molecule has 1 fully saturated rings. The van der Waals surface area contributed by atoms with E-state index in [1.807, 2.05) is 4.90 Å². The van der Waals surface area contributed by atoms with Gasteiger partial charge < -0.3 is 15.8 Å². The van der Waals surface area contributed by atoms with E-state index in [0.717, 1.165) is 25.9 Å². The summed E-state index contributed by atoms with van der Waals surface area (Å²) in [4.78, 5) is 14.3. The van der Waals surface area contributed by atoms with E-state index in [1.54, 1.807) is 24.3 Å². The molecular formula is C15H21N3O2. The van der Waals surface area contributed by atoms with Gasteiger partial charge in [0.15, 0.2) is 5.84 Å². The molecule has 1 aromatic carbocycles. The number of likely N-dealkylation sites (tertiary alicyclic amines) is 1. The molecule has 1 aliphatic heterocycles. The van der Waals surface area contributed by atoms with Crippen LogP contribution < -0.4 is 5.73 Å². The van der Waals surface area contributed by atoms with Crippen LogP contribution in [0.1, 0.15) is 42.1 Å². The fourth-order valence-electron chi connectivity index (χ4n) is 2.71. The first-order valence-corrected chi connectivity index (χ1v) is 7.03. The Bertz CT molecular complexity index is 514. The number of benzene rings is 1. The van der Waals surface area contributed by atoms with E-state index in [-0.39, 0.29) is 11.7 Å². The third-order valence-corrected chi connectivity index (χ3v) is 3.78. The summed E-state index contributed by atoms with van der Waals surface area (Å²) in [6.45, 7) is 3.82. The van der Waals surface area contributed by atoms with Crippen molar-refractivity contribution in [3.05, 3.63) is 35.4 Å². The number of nitrogens with two attached hydrogens (primary N) is 1. The van der Waals surface area contributed by atoms with E-state index in [1.165, 1.54) is 6.42 Å². The Hall–Kier alpha value is -2.04. The van der Waals surface area contributed by atoms with Crippen molar-refractivity contribution in [1.29, 1.82) is 0 Å². The Morgan fingerprint density at radius 3 is 2.95 bits per heavy atom. The fraction of sp³-hybridized carbons (Fsp3) is 0.467. The zero-order valence-corrected chi connectivity index (χ0v) is 11.7. The lowest BCUT2D eigenvalue weighted by Crippen LogP contribution is -2.29. The highest BCUT2D eigenvalue weighted by Crippen LogP contribution is 2.22. The molecule has 1 aromatic rings. The minimum absolute atomic E-state index is 0.0185. The molecule has 1 aliphatic rings. The van der Waals surface area contributed by atoms with Crippen molar-refractivity contribution in [2.45, 2.75) is 26.2 Å². The number of carbonyl (C=O) groups excluding carboxylic acids is 1. The molecular weight excluding hydrogens is 254 g/mol. The van der Waals surface area contributed by atoms with Crippen molar-refractivity contribution < 1.29 is 10.0 Å². The summed E-state index contributed by atoms with van der Waals surface area (Å²) in [6, 6.07) is 6.91. The zero-order chi connectivity index (χ0) is 14.5. The van der Waals surface area contributed by atoms with Gasteiger partial charge >= 0.3 is 0 Å². The first kappa shape index (κ1) is 14.4. The predicted molar refractivity (Wildman–Crippen MR) is 77.9 cm³/mol. The van der Waals surface area contributed by atoms with Crippen LogP contribution in [-0.4, -0.2) is 34.9 Å². The minimum atomic E-state index is 0.0185. The molecule has 0 radical (unpaired) electrons. The fourth-order valence-corrected chi connectivity index (χ4v) is 2.71. The lowest BCUT2D eigenvalue weighted by molar-refractivity contribution is 0.0786. The Morgan fingerprint density at radius 2 is 2.25 bits per heavy atom. The van der Waals surface area contributed by atoms with Gasteiger partial charge in [0.2, 0.25) is 0 Å². The average Bonchev–Trinajstić information content (AvgIpc) is 2.95. The molecule has 2 rings (SSSR count). The second-order valence-corrected chi connectivity index (χ2v) is 5.26. The second kappa shape index (κ2) is 6.41. The summed E-state index contributed by atoms with van der Waals surface area (Å²) in [5.41, 5.74) is 6.70. The van der Waals surface area contributed by atoms with E-state index in [9.17, 15) is 4.79 Å². The molecule has 0 aliphatic carbocycles. The number of hydrogen-bond acceptors (Lipinski definition) is 3. The largest absolute Gasteiger partial charge is 0.409 e. The molecule has 0 bridgehead atoms. The van der Waals surface area contributed by atoms with Gasteiger partial charge in [0.05, 0.1) is 0 Å². The number of oxime groups is 1. The normalized spacial score (nSPS) is 19.4. The van der Waals surface area contributed by atoms with Gasteiger partial charge in [0.25, 0.3) is 5.91 Å². The molecule has 0 saturated carbocycles. The zero-order valence-electron chi connectivity index (χ0n) is 11.7. The highest BCUT2D eigenvalue weighted by atomic mass is 16.4. The van der Waals surface area contributed by atoms with Gasteiger partial charge in [0.1, 0.15) is 0 Å². The number of rotatable bonds is 4. The van der Waals surface area contributed by atoms with Gasteiger partial charge in [-0.05, 0) is 30.9 Å². The van der Waals surface area contributed by atoms with Gasteiger partial charge in [-0.3, -0.25) is 4.79 Å². The lowest BCUT2D eigenvalue weighted by Gasteiger charge is -2.17. The predicted octanol–water partition coefficient (Wildman–Crippen LogP) is 2.04. The number of amidine groups is 1. The van der Waals surface area contributed by atoms with Crippen LogP contribution >= 0.6 is 0 Å². The minimum Gasteiger partial charge on any atom is -0.409 e. The van der Waals surface area contributed by atoms with Crippen LogP contribution in [0.25, 0.3) is 0 Å². The first-order valence-electron chi connectivity index (χ1n) is 7.03. The van der Waals surface area contributed by atoms with Crippen molar-refractivity contribution in [2.24, 2.45) is 16.8 Å². The van der Waals surface area contributed by atoms with Crippen molar-refractivity contribution in [1.82, 2.24) is 4.90 Å². The molecule has 1 saturated heterocycles. The van der Waals surface area contributed by atoms with E-state index < -0.39 is 0 Å². The maximum atomic E-state index is 12.4. The average molecular weight is 275 g/mol. The van der Waals surface area contributed by atoms with Crippen LogP contribution in [0.2, 0.25) is 0 Å². The number of amides is 1. The van der Waals surface area contributed by atoms with E-state index in [2.05, 4.69) is 12.1 Å². The number of carbonyl (C=O) groups is 1. The monoisotopic (exact) mass is 275 g/mol. The maximum absolute atomic E-state index is 12.4. The maximum Gasteiger partial charge on any atom is 0.253 e. The SMILES string of the molecule is CCCC1CCN(C(=O)c2cccc(/C(N)=N/O)c2)C1. The van der Waals surface area contributed by atoms with Gasteiger partial charge in [-0.15, -0.1) is 0 Å². The highest BCUT2D eigenvalue weighted by Gasteiger charge is 2.26. The molecule has 0 aromatic heterocycles. The van der Waals surface area contributed by atoms with Crippen molar-refractivity contribution in [2.75, 3.05) is 13.1 Å². The Labute approximate surface area is 119 Å². The van der Waals surface area contributed by atoms with Crippen LogP contribution in [0.15, 0.2) is 29.4 Å². The molecule has 3 N–H and O–H groups in total. The molecule has 1 heterocycles. The van der Waals surface area contributed by atoms with Gasteiger partial charge in [-0.2, -0.15) is 0 Å². The molecule has 1 amide bonds. The summed E-state index contributed by atoms with van der Waals surface area (Å²) in [5, 5.41) is 11.7. The van der Waals surface area contributed by atoms with Gasteiger partial charge in [0, 0.05) is 24.2 Å². The molecule has 108 valence electrons. The van der Waals surface area contributed by atoms with Crippen LogP contribution in [0, 0.1) is 5.92 Å². The Kier molecular flexibility index (Phi) is 4.61. The first-order chi connectivity index (χ1) is 9.65. The third kappa shape index (κ3) is 3.10. The number of nitrogens with zero attached hydrogens (tertiary/aromatic N) is 2. The van der Waals surface area contributed by atoms with Gasteiger partial charge in [-0.25, -0.2) is 0 Å². The lowest BCUT2D eigenvalue weighted by atomic mass is 10.0. The summed E-state index contributed by atoms with van der Waals surface area (Å²) < 4.78 is 0. The molecule has 20 heavy (non-hydrogen) atoms. The summed E-state index contributed by atoms with van der Waals surface area (Å²) in [6.07, 6.45) is 3.42. The molecule has 5 nitrogen and oxygen atoms in total. The quantitative estimate of drug-likeness (QED) is 0.382. The Balaban J connectivity index is 2.10. The standard InChI is InChI=1S/C15H21N3O2/c1-2-4-11-7-8-18(10-11)15(19)13-6-3-5-12(9-13)14(16)17-20/h3,5-6,9,11,20H,2,4,7-8,10H2,1H3,(H2,16,17). The molecule has 5 heteroatoms. The summed E-state index contributed by atoms with van der Waals surface area (Å²) in [5.74, 6) is 0.664. The third-order valence-electron chi connectivity index (χ3n) is 3.78. The van der Waals surface area contributed by atoms with Crippen molar-refractivity contribution >= 4 is 11.7 Å².